The average molecular weight is 1140 g/mol. The number of nitrogens with zero attached hydrogens (tertiary/aromatic N) is 5. The summed E-state index contributed by atoms with van der Waals surface area (Å²) in [6.45, 7) is 8.82. The molecule has 4 saturated heterocycles. The zero-order valence-corrected chi connectivity index (χ0v) is 44.7. The number of nitrogens with one attached hydrogen (secondary N) is 4. The summed E-state index contributed by atoms with van der Waals surface area (Å²) in [5.41, 5.74) is 4.49. The highest BCUT2D eigenvalue weighted by atomic mass is 79.9. The standard InChI is InChI=1S/C26H27ClFN5O3.C20H16BrClFN3O2.C7H13NO.ClH/c1-35-23-12-21-18(25(30-16-29-21)31-17-5-6-20(28)19(27)10-17)11-22(23)32-24(34)4-2-8-33-9-3-7-26(13-33)14-36-15-26;1-28-19-10-18-15(8-12(19)7-14(27)3-2-6-21)20(25-11-24-18)26-13-4-5-17(23)16(22)9-13;1-2-7(4-8-3-1)5-9-6-7;/h2,4-6,10-12,16H,3,7-9,13-15H2,1H3,(H,32,34)(H,29,30,31);2-5,8-11H,6-7H2,1H3,(H,24,25,26);8H,1-6H2;1H/b4-2+;3-2+;;. The van der Waals surface area contributed by atoms with E-state index in [9.17, 15) is 18.4 Å². The van der Waals surface area contributed by atoms with Crippen LogP contribution in [0.15, 0.2) is 97.6 Å². The molecular weight excluding hydrogens is 1080 g/mol. The number of aromatic nitrogens is 4. The van der Waals surface area contributed by atoms with Crippen LogP contribution in [-0.2, 0) is 25.5 Å². The lowest BCUT2D eigenvalue weighted by Crippen LogP contribution is -2.54. The highest BCUT2D eigenvalue weighted by Crippen LogP contribution is 2.38. The first-order valence-electron chi connectivity index (χ1n) is 23.8. The van der Waals surface area contributed by atoms with Crippen molar-refractivity contribution in [1.82, 2.24) is 30.2 Å². The molecule has 0 bridgehead atoms. The number of likely N-dealkylation sites (tertiary alicyclic amines) is 1. The summed E-state index contributed by atoms with van der Waals surface area (Å²) in [5, 5.41) is 14.5. The Kier molecular flexibility index (Phi) is 19.9. The molecule has 392 valence electrons. The number of halogens is 6. The fourth-order valence-electron chi connectivity index (χ4n) is 9.09. The van der Waals surface area contributed by atoms with Gasteiger partial charge in [0.1, 0.15) is 47.4 Å². The van der Waals surface area contributed by atoms with Crippen LogP contribution in [0.2, 0.25) is 10.0 Å². The molecule has 74 heavy (non-hydrogen) atoms. The minimum absolute atomic E-state index is 0. The van der Waals surface area contributed by atoms with Crippen LogP contribution < -0.4 is 30.7 Å². The largest absolute Gasteiger partial charge is 0.496 e. The third kappa shape index (κ3) is 14.4. The third-order valence-electron chi connectivity index (χ3n) is 12.9. The fourth-order valence-corrected chi connectivity index (χ4v) is 9.64. The number of amides is 1. The van der Waals surface area contributed by atoms with Crippen molar-refractivity contribution in [2.45, 2.75) is 32.1 Å². The number of alkyl halides is 1. The minimum atomic E-state index is -0.505. The van der Waals surface area contributed by atoms with Gasteiger partial charge >= 0.3 is 0 Å². The van der Waals surface area contributed by atoms with E-state index in [0.717, 1.165) is 45.9 Å². The number of carbonyl (C=O) groups is 2. The van der Waals surface area contributed by atoms with Crippen LogP contribution in [0.3, 0.4) is 0 Å². The molecule has 4 N–H and O–H groups in total. The molecule has 0 saturated carbocycles. The molecular formula is C53H57BrCl3F2N9O6. The summed E-state index contributed by atoms with van der Waals surface area (Å²) >= 11 is 15.0. The van der Waals surface area contributed by atoms with Gasteiger partial charge in [0.05, 0.1) is 67.4 Å². The van der Waals surface area contributed by atoms with Crippen LogP contribution >= 0.6 is 51.5 Å². The zero-order chi connectivity index (χ0) is 51.4. The minimum Gasteiger partial charge on any atom is -0.496 e. The molecule has 6 heterocycles. The molecule has 0 aliphatic carbocycles. The molecule has 4 aliphatic heterocycles. The number of ether oxygens (including phenoxy) is 4. The van der Waals surface area contributed by atoms with E-state index in [1.807, 2.05) is 12.1 Å². The van der Waals surface area contributed by atoms with Gasteiger partial charge in [0.25, 0.3) is 0 Å². The number of anilines is 5. The van der Waals surface area contributed by atoms with Gasteiger partial charge in [-0.3, -0.25) is 14.5 Å². The van der Waals surface area contributed by atoms with Crippen molar-refractivity contribution in [3.63, 3.8) is 0 Å². The van der Waals surface area contributed by atoms with Gasteiger partial charge in [-0.1, -0.05) is 51.3 Å². The van der Waals surface area contributed by atoms with E-state index in [1.54, 1.807) is 49.6 Å². The first kappa shape index (κ1) is 56.2. The molecule has 0 atom stereocenters. The van der Waals surface area contributed by atoms with Gasteiger partial charge in [0.2, 0.25) is 5.91 Å². The Morgan fingerprint density at radius 1 is 0.784 bits per heavy atom. The molecule has 0 radical (unpaired) electrons. The van der Waals surface area contributed by atoms with E-state index >= 15 is 0 Å². The maximum atomic E-state index is 13.5. The smallest absolute Gasteiger partial charge is 0.248 e. The molecule has 4 aromatic carbocycles. The number of rotatable bonds is 14. The first-order chi connectivity index (χ1) is 35.4. The Morgan fingerprint density at radius 2 is 1.38 bits per heavy atom. The van der Waals surface area contributed by atoms with Gasteiger partial charge < -0.3 is 40.2 Å². The number of benzene rings is 4. The highest BCUT2D eigenvalue weighted by molar-refractivity contribution is 9.09. The average Bonchev–Trinajstić information content (AvgIpc) is 3.37. The number of hydrogen-bond donors (Lipinski definition) is 4. The Morgan fingerprint density at radius 3 is 1.91 bits per heavy atom. The third-order valence-corrected chi connectivity index (χ3v) is 13.9. The van der Waals surface area contributed by atoms with Crippen molar-refractivity contribution in [3.8, 4) is 11.5 Å². The van der Waals surface area contributed by atoms with Gasteiger partial charge in [0.15, 0.2) is 5.78 Å². The molecule has 2 spiro atoms. The zero-order valence-electron chi connectivity index (χ0n) is 40.8. The second-order valence-electron chi connectivity index (χ2n) is 18.4. The summed E-state index contributed by atoms with van der Waals surface area (Å²) in [5.74, 6) is 0.729. The Hall–Kier alpha value is -5.57. The van der Waals surface area contributed by atoms with Gasteiger partial charge in [-0.2, -0.15) is 0 Å². The summed E-state index contributed by atoms with van der Waals surface area (Å²) in [7, 11) is 3.08. The topological polar surface area (TPSA) is 174 Å². The summed E-state index contributed by atoms with van der Waals surface area (Å²) < 4.78 is 48.4. The number of allylic oxidation sites excluding steroid dienone is 2. The second kappa shape index (κ2) is 26.3. The molecule has 15 nitrogen and oxygen atoms in total. The predicted molar refractivity (Wildman–Crippen MR) is 293 cm³/mol. The van der Waals surface area contributed by atoms with E-state index in [-0.39, 0.29) is 40.6 Å². The molecule has 4 fully saturated rings. The van der Waals surface area contributed by atoms with E-state index in [0.29, 0.717) is 90.3 Å². The quantitative estimate of drug-likeness (QED) is 0.0599. The Balaban J connectivity index is 0.000000186. The second-order valence-corrected chi connectivity index (χ2v) is 19.9. The number of piperidine rings is 2. The molecule has 1 amide bonds. The number of methoxy groups -OCH3 is 2. The van der Waals surface area contributed by atoms with E-state index in [2.05, 4.69) is 62.0 Å². The van der Waals surface area contributed by atoms with Gasteiger partial charge in [-0.15, -0.1) is 12.4 Å². The monoisotopic (exact) mass is 1140 g/mol. The van der Waals surface area contributed by atoms with Gasteiger partial charge in [0, 0.05) is 88.1 Å². The van der Waals surface area contributed by atoms with Crippen molar-refractivity contribution in [1.29, 1.82) is 0 Å². The van der Waals surface area contributed by atoms with Crippen molar-refractivity contribution < 1.29 is 37.3 Å². The van der Waals surface area contributed by atoms with Crippen molar-refractivity contribution in [3.05, 3.63) is 125 Å². The number of hydrogen-bond acceptors (Lipinski definition) is 14. The number of carbonyl (C=O) groups excluding carboxylic acids is 2. The lowest BCUT2D eigenvalue weighted by Gasteiger charge is -2.48. The fraction of sp³-hybridized carbons (Fsp3) is 0.358. The molecule has 2 aromatic heterocycles. The van der Waals surface area contributed by atoms with Crippen LogP contribution in [0.1, 0.15) is 31.2 Å². The van der Waals surface area contributed by atoms with Gasteiger partial charge in [-0.25, -0.2) is 28.7 Å². The lowest BCUT2D eigenvalue weighted by atomic mass is 9.78. The number of ketones is 1. The van der Waals surface area contributed by atoms with Crippen LogP contribution in [-0.4, -0.2) is 115 Å². The van der Waals surface area contributed by atoms with Crippen LogP contribution in [0, 0.1) is 22.5 Å². The maximum absolute atomic E-state index is 13.5. The van der Waals surface area contributed by atoms with Crippen molar-refractivity contribution in [2.24, 2.45) is 10.8 Å². The van der Waals surface area contributed by atoms with E-state index in [4.69, 9.17) is 42.1 Å². The highest BCUT2D eigenvalue weighted by Gasteiger charge is 2.42. The van der Waals surface area contributed by atoms with Gasteiger partial charge in [-0.05, 0) is 93.4 Å². The van der Waals surface area contributed by atoms with Crippen LogP contribution in [0.5, 0.6) is 11.5 Å². The molecule has 21 heteroatoms. The normalized spacial score (nSPS) is 16.5. The van der Waals surface area contributed by atoms with Crippen molar-refractivity contribution >= 4 is 114 Å². The summed E-state index contributed by atoms with van der Waals surface area (Å²) in [6, 6.07) is 15.7. The Labute approximate surface area is 452 Å². The Bertz CT molecular complexity index is 3000. The van der Waals surface area contributed by atoms with Crippen LogP contribution in [0.25, 0.3) is 21.8 Å². The lowest BCUT2D eigenvalue weighted by molar-refractivity contribution is -0.142. The van der Waals surface area contributed by atoms with E-state index < -0.39 is 11.6 Å². The first-order valence-corrected chi connectivity index (χ1v) is 25.7. The number of fused-ring (bicyclic) bond motifs is 2. The molecule has 10 rings (SSSR count). The molecule has 6 aromatic rings. The molecule has 4 aliphatic rings. The van der Waals surface area contributed by atoms with E-state index in [1.165, 1.54) is 82.5 Å². The summed E-state index contributed by atoms with van der Waals surface area (Å²) in [4.78, 5) is 44.4. The van der Waals surface area contributed by atoms with Crippen molar-refractivity contribution in [2.75, 3.05) is 94.7 Å². The predicted octanol–water partition coefficient (Wildman–Crippen LogP) is 10.8. The van der Waals surface area contributed by atoms with Crippen LogP contribution in [0.4, 0.5) is 37.5 Å². The molecule has 0 unspecified atom stereocenters. The maximum Gasteiger partial charge on any atom is 0.248 e. The summed E-state index contributed by atoms with van der Waals surface area (Å²) in [6.07, 6.45) is 14.8. The SMILES string of the molecule is C1CNCC2(C1)COC2.COc1cc2ncnc(Nc3ccc(F)c(Cl)c3)c2cc1CC(=O)/C=C/CBr.COc1cc2ncnc(Nc3ccc(F)c(Cl)c3)c2cc1NC(=O)/C=C/CN1CCCC2(COC2)C1.Cl.